The van der Waals surface area contributed by atoms with Gasteiger partial charge in [-0.15, -0.1) is 0 Å². The number of nitrogens with one attached hydrogen (secondary N) is 1. The van der Waals surface area contributed by atoms with Gasteiger partial charge in [0.25, 0.3) is 0 Å². The van der Waals surface area contributed by atoms with Crippen LogP contribution in [0.15, 0.2) is 18.2 Å². The van der Waals surface area contributed by atoms with Crippen molar-refractivity contribution in [2.45, 2.75) is 57.4 Å². The van der Waals surface area contributed by atoms with Crippen molar-refractivity contribution in [1.82, 2.24) is 5.43 Å². The summed E-state index contributed by atoms with van der Waals surface area (Å²) in [4.78, 5) is 0. The van der Waals surface area contributed by atoms with Gasteiger partial charge < -0.3 is 0 Å². The molecule has 0 radical (unpaired) electrons. The fourth-order valence-electron chi connectivity index (χ4n) is 3.12. The summed E-state index contributed by atoms with van der Waals surface area (Å²) in [7, 11) is 0. The van der Waals surface area contributed by atoms with E-state index >= 15 is 0 Å². The Labute approximate surface area is 125 Å². The van der Waals surface area contributed by atoms with Crippen LogP contribution in [0, 0.1) is 11.7 Å². The van der Waals surface area contributed by atoms with E-state index in [9.17, 15) is 4.39 Å². The molecule has 1 aromatic carbocycles. The fourth-order valence-corrected chi connectivity index (χ4v) is 3.32. The third-order valence-electron chi connectivity index (χ3n) is 4.36. The Morgan fingerprint density at radius 3 is 2.75 bits per heavy atom. The Hall–Kier alpha value is -0.640. The standard InChI is InChI=1S/C16H24ClFN2/c17-16-9-7-14(18)10-13(16)11-15(20-19)8-6-12-4-2-1-3-5-12/h7,9-10,12,15,20H,1-6,8,11,19H2. The highest BCUT2D eigenvalue weighted by Gasteiger charge is 2.17. The van der Waals surface area contributed by atoms with E-state index in [-0.39, 0.29) is 11.9 Å². The number of halogens is 2. The van der Waals surface area contributed by atoms with Crippen LogP contribution in [0.4, 0.5) is 4.39 Å². The molecule has 3 N–H and O–H groups in total. The summed E-state index contributed by atoms with van der Waals surface area (Å²) >= 11 is 6.11. The number of rotatable bonds is 6. The van der Waals surface area contributed by atoms with Crippen LogP contribution in [0.2, 0.25) is 5.02 Å². The third-order valence-corrected chi connectivity index (χ3v) is 4.73. The molecular formula is C16H24ClFN2. The molecule has 1 aliphatic rings. The molecule has 1 atom stereocenters. The van der Waals surface area contributed by atoms with Crippen molar-refractivity contribution in [3.63, 3.8) is 0 Å². The van der Waals surface area contributed by atoms with E-state index in [2.05, 4.69) is 5.43 Å². The Balaban J connectivity index is 1.86. The van der Waals surface area contributed by atoms with Crippen LogP contribution in [-0.2, 0) is 6.42 Å². The number of hydrazine groups is 1. The van der Waals surface area contributed by atoms with Crippen molar-refractivity contribution < 1.29 is 4.39 Å². The van der Waals surface area contributed by atoms with E-state index in [1.807, 2.05) is 0 Å². The monoisotopic (exact) mass is 298 g/mol. The second-order valence-corrected chi connectivity index (χ2v) is 6.29. The van der Waals surface area contributed by atoms with Crippen molar-refractivity contribution in [3.05, 3.63) is 34.6 Å². The maximum atomic E-state index is 13.3. The van der Waals surface area contributed by atoms with Crippen LogP contribution in [-0.4, -0.2) is 6.04 Å². The first kappa shape index (κ1) is 15.7. The minimum Gasteiger partial charge on any atom is -0.271 e. The predicted molar refractivity (Wildman–Crippen MR) is 82.0 cm³/mol. The van der Waals surface area contributed by atoms with Gasteiger partial charge in [-0.25, -0.2) is 4.39 Å². The van der Waals surface area contributed by atoms with Gasteiger partial charge in [0.05, 0.1) is 0 Å². The lowest BCUT2D eigenvalue weighted by Gasteiger charge is -2.24. The van der Waals surface area contributed by atoms with Crippen LogP contribution in [0.1, 0.15) is 50.5 Å². The summed E-state index contributed by atoms with van der Waals surface area (Å²) in [5.41, 5.74) is 3.69. The zero-order valence-electron chi connectivity index (χ0n) is 11.9. The van der Waals surface area contributed by atoms with Gasteiger partial charge in [0.15, 0.2) is 0 Å². The van der Waals surface area contributed by atoms with E-state index in [0.717, 1.165) is 17.9 Å². The van der Waals surface area contributed by atoms with Crippen molar-refractivity contribution >= 4 is 11.6 Å². The molecule has 1 aromatic rings. The molecule has 0 aromatic heterocycles. The molecule has 4 heteroatoms. The van der Waals surface area contributed by atoms with Gasteiger partial charge >= 0.3 is 0 Å². The zero-order valence-corrected chi connectivity index (χ0v) is 12.6. The molecule has 0 bridgehead atoms. The first-order valence-electron chi connectivity index (χ1n) is 7.59. The molecule has 1 aliphatic carbocycles. The van der Waals surface area contributed by atoms with E-state index in [1.54, 1.807) is 6.07 Å². The second kappa shape index (κ2) is 7.96. The van der Waals surface area contributed by atoms with Crippen molar-refractivity contribution in [3.8, 4) is 0 Å². The summed E-state index contributed by atoms with van der Waals surface area (Å²) in [5.74, 6) is 6.23. The van der Waals surface area contributed by atoms with Gasteiger partial charge in [-0.1, -0.05) is 43.7 Å². The summed E-state index contributed by atoms with van der Waals surface area (Å²) < 4.78 is 13.3. The van der Waals surface area contributed by atoms with Gasteiger partial charge in [0, 0.05) is 11.1 Å². The first-order valence-corrected chi connectivity index (χ1v) is 7.97. The average Bonchev–Trinajstić information content (AvgIpc) is 2.48. The molecule has 2 nitrogen and oxygen atoms in total. The van der Waals surface area contributed by atoms with Crippen LogP contribution in [0.3, 0.4) is 0 Å². The molecule has 1 saturated carbocycles. The van der Waals surface area contributed by atoms with Gasteiger partial charge in [-0.05, 0) is 48.9 Å². The Bertz CT molecular complexity index is 419. The number of nitrogens with two attached hydrogens (primary N) is 1. The van der Waals surface area contributed by atoms with Gasteiger partial charge in [0.2, 0.25) is 0 Å². The van der Waals surface area contributed by atoms with E-state index in [0.29, 0.717) is 11.4 Å². The van der Waals surface area contributed by atoms with Crippen LogP contribution >= 0.6 is 11.6 Å². The van der Waals surface area contributed by atoms with Crippen LogP contribution < -0.4 is 11.3 Å². The predicted octanol–water partition coefficient (Wildman–Crippen LogP) is 4.21. The molecule has 0 heterocycles. The molecular weight excluding hydrogens is 275 g/mol. The largest absolute Gasteiger partial charge is 0.271 e. The van der Waals surface area contributed by atoms with Crippen LogP contribution in [0.25, 0.3) is 0 Å². The zero-order chi connectivity index (χ0) is 14.4. The lowest BCUT2D eigenvalue weighted by atomic mass is 9.84. The molecule has 112 valence electrons. The normalized spacial score (nSPS) is 18.1. The average molecular weight is 299 g/mol. The van der Waals surface area contributed by atoms with Crippen molar-refractivity contribution in [2.75, 3.05) is 0 Å². The minimum atomic E-state index is -0.243. The Morgan fingerprint density at radius 1 is 1.30 bits per heavy atom. The van der Waals surface area contributed by atoms with E-state index < -0.39 is 0 Å². The quantitative estimate of drug-likeness (QED) is 0.610. The maximum absolute atomic E-state index is 13.3. The molecule has 20 heavy (non-hydrogen) atoms. The maximum Gasteiger partial charge on any atom is 0.123 e. The summed E-state index contributed by atoms with van der Waals surface area (Å²) in [6, 6.07) is 4.67. The van der Waals surface area contributed by atoms with Gasteiger partial charge in [-0.2, -0.15) is 0 Å². The third kappa shape index (κ3) is 4.72. The lowest BCUT2D eigenvalue weighted by molar-refractivity contribution is 0.313. The molecule has 0 aliphatic heterocycles. The summed E-state index contributed by atoms with van der Waals surface area (Å²) in [6.45, 7) is 0. The number of benzene rings is 1. The molecule has 0 amide bonds. The molecule has 2 rings (SSSR count). The summed E-state index contributed by atoms with van der Waals surface area (Å²) in [5, 5.41) is 0.615. The Kier molecular flexibility index (Phi) is 6.27. The van der Waals surface area contributed by atoms with Gasteiger partial charge in [0.1, 0.15) is 5.82 Å². The highest BCUT2D eigenvalue weighted by atomic mass is 35.5. The molecule has 1 unspecified atom stereocenters. The highest BCUT2D eigenvalue weighted by Crippen LogP contribution is 2.28. The van der Waals surface area contributed by atoms with Crippen molar-refractivity contribution in [2.24, 2.45) is 11.8 Å². The highest BCUT2D eigenvalue weighted by molar-refractivity contribution is 6.31. The molecule has 0 spiro atoms. The minimum absolute atomic E-state index is 0.163. The first-order chi connectivity index (χ1) is 9.69. The second-order valence-electron chi connectivity index (χ2n) is 5.88. The van der Waals surface area contributed by atoms with Gasteiger partial charge in [-0.3, -0.25) is 11.3 Å². The SMILES string of the molecule is NNC(CCC1CCCCC1)Cc1cc(F)ccc1Cl. The lowest BCUT2D eigenvalue weighted by Crippen LogP contribution is -2.37. The van der Waals surface area contributed by atoms with Crippen LogP contribution in [0.5, 0.6) is 0 Å². The molecule has 1 fully saturated rings. The smallest absolute Gasteiger partial charge is 0.123 e. The summed E-state index contributed by atoms with van der Waals surface area (Å²) in [6.07, 6.45) is 9.70. The van der Waals surface area contributed by atoms with Crippen molar-refractivity contribution in [1.29, 1.82) is 0 Å². The fraction of sp³-hybridized carbons (Fsp3) is 0.625. The molecule has 0 saturated heterocycles. The Morgan fingerprint density at radius 2 is 2.05 bits per heavy atom. The number of hydrogen-bond donors (Lipinski definition) is 2. The van der Waals surface area contributed by atoms with E-state index in [4.69, 9.17) is 17.4 Å². The van der Waals surface area contributed by atoms with E-state index in [1.165, 1.54) is 50.7 Å². The number of hydrogen-bond acceptors (Lipinski definition) is 2. The topological polar surface area (TPSA) is 38.0 Å².